The van der Waals surface area contributed by atoms with E-state index in [0.29, 0.717) is 0 Å². The van der Waals surface area contributed by atoms with Crippen molar-refractivity contribution in [2.24, 2.45) is 0 Å². The predicted octanol–water partition coefficient (Wildman–Crippen LogP) is 3.23. The lowest BCUT2D eigenvalue weighted by Crippen LogP contribution is -1.99. The number of aromatic amines is 1. The minimum atomic E-state index is 0.865. The van der Waals surface area contributed by atoms with E-state index in [1.807, 2.05) is 24.5 Å². The molecule has 2 N–H and O–H groups in total. The van der Waals surface area contributed by atoms with E-state index < -0.39 is 0 Å². The summed E-state index contributed by atoms with van der Waals surface area (Å²) < 4.78 is 1.25. The average Bonchev–Trinajstić information content (AvgIpc) is 2.69. The smallest absolute Gasteiger partial charge is 0.0478 e. The Morgan fingerprint density at radius 1 is 1.21 bits per heavy atom. The molecule has 3 heteroatoms. The van der Waals surface area contributed by atoms with Crippen molar-refractivity contribution in [1.82, 2.24) is 4.98 Å². The molecule has 1 aromatic carbocycles. The first kappa shape index (κ1) is 9.58. The molecule has 0 bridgehead atoms. The van der Waals surface area contributed by atoms with E-state index in [-0.39, 0.29) is 0 Å². The summed E-state index contributed by atoms with van der Waals surface area (Å²) in [5.41, 5.74) is 2.46. The molecule has 0 spiro atoms. The highest BCUT2D eigenvalue weighted by atomic mass is 127. The molecule has 0 fully saturated rings. The topological polar surface area (TPSA) is 27.8 Å². The molecule has 1 heterocycles. The lowest BCUT2D eigenvalue weighted by atomic mass is 10.3. The minimum Gasteiger partial charge on any atom is -0.380 e. The van der Waals surface area contributed by atoms with Crippen LogP contribution in [0.15, 0.2) is 42.7 Å². The van der Waals surface area contributed by atoms with E-state index in [9.17, 15) is 0 Å². The maximum absolute atomic E-state index is 3.39. The first-order valence-corrected chi connectivity index (χ1v) is 5.54. The molecular weight excluding hydrogens is 287 g/mol. The van der Waals surface area contributed by atoms with Crippen LogP contribution >= 0.6 is 22.6 Å². The fourth-order valence-electron chi connectivity index (χ4n) is 1.27. The van der Waals surface area contributed by atoms with Crippen molar-refractivity contribution in [1.29, 1.82) is 0 Å². The molecule has 0 aliphatic rings. The molecule has 1 aromatic heterocycles. The molecule has 72 valence electrons. The number of halogens is 1. The van der Waals surface area contributed by atoms with Crippen molar-refractivity contribution in [2.45, 2.75) is 6.54 Å². The number of para-hydroxylation sites is 1. The van der Waals surface area contributed by atoms with Crippen molar-refractivity contribution < 1.29 is 0 Å². The van der Waals surface area contributed by atoms with E-state index in [1.165, 1.54) is 14.8 Å². The Hall–Kier alpha value is -0.970. The maximum atomic E-state index is 3.39. The summed E-state index contributed by atoms with van der Waals surface area (Å²) in [6.45, 7) is 0.865. The third-order valence-electron chi connectivity index (χ3n) is 2.02. The van der Waals surface area contributed by atoms with Crippen molar-refractivity contribution in [3.05, 3.63) is 51.9 Å². The number of benzene rings is 1. The Bertz CT molecular complexity index is 395. The van der Waals surface area contributed by atoms with Crippen LogP contribution in [0.2, 0.25) is 0 Å². The standard InChI is InChI=1S/C11H11IN2/c12-10-3-1-2-4-11(10)14-8-9-5-6-13-7-9/h1-7,13-14H,8H2. The van der Waals surface area contributed by atoms with Crippen molar-refractivity contribution in [2.75, 3.05) is 5.32 Å². The summed E-state index contributed by atoms with van der Waals surface area (Å²) in [4.78, 5) is 3.04. The molecule has 0 amide bonds. The highest BCUT2D eigenvalue weighted by Crippen LogP contribution is 2.17. The molecule has 2 nitrogen and oxygen atoms in total. The van der Waals surface area contributed by atoms with Crippen LogP contribution in [0, 0.1) is 3.57 Å². The van der Waals surface area contributed by atoms with Gasteiger partial charge in [-0.05, 0) is 46.4 Å². The summed E-state index contributed by atoms with van der Waals surface area (Å²) in [6.07, 6.45) is 3.94. The summed E-state index contributed by atoms with van der Waals surface area (Å²) in [6, 6.07) is 10.3. The van der Waals surface area contributed by atoms with Gasteiger partial charge < -0.3 is 10.3 Å². The van der Waals surface area contributed by atoms with Crippen LogP contribution in [0.25, 0.3) is 0 Å². The van der Waals surface area contributed by atoms with Gasteiger partial charge in [0.2, 0.25) is 0 Å². The first-order valence-electron chi connectivity index (χ1n) is 4.46. The number of hydrogen-bond acceptors (Lipinski definition) is 1. The van der Waals surface area contributed by atoms with Gasteiger partial charge in [0.15, 0.2) is 0 Å². The van der Waals surface area contributed by atoms with Crippen LogP contribution in [-0.2, 0) is 6.54 Å². The molecule has 2 aromatic rings. The van der Waals surface area contributed by atoms with E-state index in [4.69, 9.17) is 0 Å². The van der Waals surface area contributed by atoms with Gasteiger partial charge in [0.25, 0.3) is 0 Å². The molecule has 0 atom stereocenters. The number of H-pyrrole nitrogens is 1. The van der Waals surface area contributed by atoms with E-state index in [1.54, 1.807) is 0 Å². The quantitative estimate of drug-likeness (QED) is 0.837. The van der Waals surface area contributed by atoms with Gasteiger partial charge in [-0.1, -0.05) is 12.1 Å². The summed E-state index contributed by atoms with van der Waals surface area (Å²) in [5.74, 6) is 0. The zero-order valence-electron chi connectivity index (χ0n) is 7.63. The van der Waals surface area contributed by atoms with Gasteiger partial charge in [-0.3, -0.25) is 0 Å². The number of rotatable bonds is 3. The molecule has 0 aliphatic heterocycles. The number of aromatic nitrogens is 1. The number of anilines is 1. The molecule has 0 unspecified atom stereocenters. The monoisotopic (exact) mass is 298 g/mol. The van der Waals surface area contributed by atoms with Crippen LogP contribution in [0.3, 0.4) is 0 Å². The minimum absolute atomic E-state index is 0.865. The van der Waals surface area contributed by atoms with Gasteiger partial charge in [-0.15, -0.1) is 0 Å². The molecule has 0 saturated heterocycles. The summed E-state index contributed by atoms with van der Waals surface area (Å²) >= 11 is 2.33. The van der Waals surface area contributed by atoms with E-state index in [2.05, 4.69) is 51.1 Å². The Labute approximate surface area is 96.9 Å². The Morgan fingerprint density at radius 2 is 2.07 bits per heavy atom. The van der Waals surface area contributed by atoms with Crippen LogP contribution in [0.5, 0.6) is 0 Å². The van der Waals surface area contributed by atoms with E-state index >= 15 is 0 Å². The van der Waals surface area contributed by atoms with Crippen molar-refractivity contribution in [3.63, 3.8) is 0 Å². The fourth-order valence-corrected chi connectivity index (χ4v) is 1.85. The summed E-state index contributed by atoms with van der Waals surface area (Å²) in [7, 11) is 0. The highest BCUT2D eigenvalue weighted by Gasteiger charge is 1.97. The Kier molecular flexibility index (Phi) is 3.08. The van der Waals surface area contributed by atoms with Gasteiger partial charge >= 0.3 is 0 Å². The normalized spacial score (nSPS) is 10.1. The molecule has 2 rings (SSSR count). The number of hydrogen-bond donors (Lipinski definition) is 2. The lowest BCUT2D eigenvalue weighted by Gasteiger charge is -2.06. The fraction of sp³-hybridized carbons (Fsp3) is 0.0909. The molecule has 0 saturated carbocycles. The first-order chi connectivity index (χ1) is 6.86. The second-order valence-electron chi connectivity index (χ2n) is 3.05. The Balaban J connectivity index is 2.02. The van der Waals surface area contributed by atoms with Crippen molar-refractivity contribution >= 4 is 28.3 Å². The lowest BCUT2D eigenvalue weighted by molar-refractivity contribution is 1.15. The predicted molar refractivity (Wildman–Crippen MR) is 67.3 cm³/mol. The summed E-state index contributed by atoms with van der Waals surface area (Å²) in [5, 5.41) is 3.39. The average molecular weight is 298 g/mol. The Morgan fingerprint density at radius 3 is 2.79 bits per heavy atom. The van der Waals surface area contributed by atoms with Crippen LogP contribution in [0.1, 0.15) is 5.56 Å². The number of nitrogens with one attached hydrogen (secondary N) is 2. The largest absolute Gasteiger partial charge is 0.380 e. The third kappa shape index (κ3) is 2.29. The van der Waals surface area contributed by atoms with Gasteiger partial charge in [0.05, 0.1) is 0 Å². The van der Waals surface area contributed by atoms with Crippen LogP contribution < -0.4 is 5.32 Å². The van der Waals surface area contributed by atoms with Crippen LogP contribution in [-0.4, -0.2) is 4.98 Å². The van der Waals surface area contributed by atoms with Gasteiger partial charge in [-0.25, -0.2) is 0 Å². The molecule has 14 heavy (non-hydrogen) atoms. The van der Waals surface area contributed by atoms with Crippen molar-refractivity contribution in [3.8, 4) is 0 Å². The molecule has 0 aliphatic carbocycles. The molecular formula is C11H11IN2. The van der Waals surface area contributed by atoms with Gasteiger partial charge in [-0.2, -0.15) is 0 Å². The molecule has 0 radical (unpaired) electrons. The SMILES string of the molecule is Ic1ccccc1NCc1cc[nH]c1. The van der Waals surface area contributed by atoms with Gasteiger partial charge in [0.1, 0.15) is 0 Å². The van der Waals surface area contributed by atoms with E-state index in [0.717, 1.165) is 6.54 Å². The highest BCUT2D eigenvalue weighted by molar-refractivity contribution is 14.1. The third-order valence-corrected chi connectivity index (χ3v) is 2.96. The van der Waals surface area contributed by atoms with Crippen LogP contribution in [0.4, 0.5) is 5.69 Å². The maximum Gasteiger partial charge on any atom is 0.0478 e. The zero-order chi connectivity index (χ0) is 9.80. The zero-order valence-corrected chi connectivity index (χ0v) is 9.78. The second kappa shape index (κ2) is 4.50. The van der Waals surface area contributed by atoms with Gasteiger partial charge in [0, 0.05) is 28.2 Å². The second-order valence-corrected chi connectivity index (χ2v) is 4.21.